The van der Waals surface area contributed by atoms with Crippen molar-refractivity contribution in [3.05, 3.63) is 0 Å². The number of rotatable bonds is 8. The van der Waals surface area contributed by atoms with Crippen LogP contribution in [0.4, 0.5) is 0 Å². The average molecular weight is 349 g/mol. The van der Waals surface area contributed by atoms with Gasteiger partial charge in [0.05, 0.1) is 0 Å². The van der Waals surface area contributed by atoms with Crippen LogP contribution < -0.4 is 0 Å². The molecule has 0 saturated heterocycles. The number of aliphatic carboxylic acids is 1. The molecule has 0 bridgehead atoms. The van der Waals surface area contributed by atoms with Crippen LogP contribution in [0, 0.1) is 17.8 Å². The molecule has 3 heteroatoms. The van der Waals surface area contributed by atoms with Gasteiger partial charge in [-0.05, 0) is 0 Å². The molecular weight excluding hydrogens is 319 g/mol. The minimum absolute atomic E-state index is 0.531. The Bertz CT molecular complexity index is 208. The summed E-state index contributed by atoms with van der Waals surface area (Å²) < 4.78 is 4.23. The molecule has 0 rings (SSSR count). The van der Waals surface area contributed by atoms with Gasteiger partial charge < -0.3 is 0 Å². The number of hydrogen-bond donors (Lipinski definition) is 1. The van der Waals surface area contributed by atoms with Gasteiger partial charge in [0.1, 0.15) is 0 Å². The molecule has 0 spiro atoms. The zero-order valence-corrected chi connectivity index (χ0v) is 15.3. The standard InChI is InChI=1S/3C4H9.C2H3O2.Sn/c3*1-4(2)3;1-2(3)4;/h3*4H,1H2,2-3H3;1H2,(H,3,4);. The normalized spacial score (nSPS) is 12.8. The van der Waals surface area contributed by atoms with Crippen LogP contribution in [0.25, 0.3) is 0 Å². The molecule has 17 heavy (non-hydrogen) atoms. The van der Waals surface area contributed by atoms with Gasteiger partial charge in [-0.3, -0.25) is 0 Å². The van der Waals surface area contributed by atoms with Gasteiger partial charge >= 0.3 is 111 Å². The van der Waals surface area contributed by atoms with E-state index in [0.717, 1.165) is 0 Å². The third kappa shape index (κ3) is 8.06. The molecule has 0 atom stereocenters. The van der Waals surface area contributed by atoms with Gasteiger partial charge in [-0.2, -0.15) is 0 Å². The summed E-state index contributed by atoms with van der Waals surface area (Å²) in [5.74, 6) is 1.41. The van der Waals surface area contributed by atoms with Crippen LogP contribution in [0.3, 0.4) is 0 Å². The first-order valence-corrected chi connectivity index (χ1v) is 15.0. The van der Waals surface area contributed by atoms with Gasteiger partial charge in [0.15, 0.2) is 0 Å². The third-order valence-corrected chi connectivity index (χ3v) is 20.5. The Labute approximate surface area is 111 Å². The number of hydrogen-bond acceptors (Lipinski definition) is 1. The van der Waals surface area contributed by atoms with Crippen molar-refractivity contribution in [2.45, 2.75) is 59.3 Å². The molecule has 1 N–H and O–H groups in total. The van der Waals surface area contributed by atoms with E-state index in [1.54, 1.807) is 0 Å². The van der Waals surface area contributed by atoms with Crippen molar-refractivity contribution in [2.75, 3.05) is 0 Å². The summed E-state index contributed by atoms with van der Waals surface area (Å²) in [7, 11) is 0. The van der Waals surface area contributed by atoms with Crippen molar-refractivity contribution in [1.29, 1.82) is 0 Å². The van der Waals surface area contributed by atoms with Crippen molar-refractivity contribution < 1.29 is 9.90 Å². The van der Waals surface area contributed by atoms with E-state index in [-0.39, 0.29) is 0 Å². The first-order valence-electron chi connectivity index (χ1n) is 6.88. The second-order valence-electron chi connectivity index (χ2n) is 6.86. The molecule has 102 valence electrons. The molecule has 0 saturated carbocycles. The minimum atomic E-state index is -2.48. The molecule has 0 radical (unpaired) electrons. The molecule has 0 heterocycles. The van der Waals surface area contributed by atoms with E-state index in [1.165, 1.54) is 13.3 Å². The van der Waals surface area contributed by atoms with Gasteiger partial charge in [0.25, 0.3) is 0 Å². The molecule has 0 unspecified atom stereocenters. The van der Waals surface area contributed by atoms with Crippen molar-refractivity contribution in [3.63, 3.8) is 0 Å². The zero-order chi connectivity index (χ0) is 13.6. The summed E-state index contributed by atoms with van der Waals surface area (Å²) in [6, 6.07) is 0. The van der Waals surface area contributed by atoms with Crippen LogP contribution in [-0.2, 0) is 4.79 Å². The molecule has 0 aliphatic carbocycles. The monoisotopic (exact) mass is 350 g/mol. The number of carboxylic acids is 1. The predicted octanol–water partition coefficient (Wildman–Crippen LogP) is 4.49. The van der Waals surface area contributed by atoms with Gasteiger partial charge in [-0.1, -0.05) is 0 Å². The third-order valence-electron chi connectivity index (χ3n) is 3.05. The van der Waals surface area contributed by atoms with Gasteiger partial charge in [-0.15, -0.1) is 0 Å². The summed E-state index contributed by atoms with van der Waals surface area (Å²) in [6.45, 7) is 13.5. The Hall–Kier alpha value is 0.269. The van der Waals surface area contributed by atoms with Crippen LogP contribution in [-0.4, -0.2) is 29.5 Å². The second-order valence-corrected chi connectivity index (χ2v) is 19.9. The van der Waals surface area contributed by atoms with Gasteiger partial charge in [0, 0.05) is 0 Å². The SMILES string of the molecule is CC(C)[CH2][Sn]([CH2]C(=O)O)([CH2]C(C)C)[CH2]C(C)C. The molecule has 0 aromatic heterocycles. The summed E-state index contributed by atoms with van der Waals surface area (Å²) >= 11 is -2.48. The number of carboxylic acid groups (broad SMARTS) is 1. The molecule has 0 aliphatic rings. The first-order chi connectivity index (χ1) is 7.67. The van der Waals surface area contributed by atoms with E-state index in [0.29, 0.717) is 22.2 Å². The van der Waals surface area contributed by atoms with Crippen LogP contribution in [0.5, 0.6) is 0 Å². The van der Waals surface area contributed by atoms with Crippen LogP contribution >= 0.6 is 0 Å². The molecular formula is C14H30O2Sn. The quantitative estimate of drug-likeness (QED) is 0.656. The molecule has 2 nitrogen and oxygen atoms in total. The zero-order valence-electron chi connectivity index (χ0n) is 12.4. The Kier molecular flexibility index (Phi) is 7.77. The van der Waals surface area contributed by atoms with Crippen molar-refractivity contribution in [1.82, 2.24) is 0 Å². The molecule has 0 fully saturated rings. The summed E-state index contributed by atoms with van der Waals surface area (Å²) in [4.78, 5) is 11.2. The molecule has 0 amide bonds. The van der Waals surface area contributed by atoms with Crippen LogP contribution in [0.15, 0.2) is 0 Å². The first kappa shape index (κ1) is 17.3. The van der Waals surface area contributed by atoms with Crippen molar-refractivity contribution in [3.8, 4) is 0 Å². The van der Waals surface area contributed by atoms with E-state index >= 15 is 0 Å². The van der Waals surface area contributed by atoms with E-state index in [2.05, 4.69) is 41.5 Å². The molecule has 0 aromatic rings. The van der Waals surface area contributed by atoms with E-state index in [9.17, 15) is 9.90 Å². The van der Waals surface area contributed by atoms with Gasteiger partial charge in [0.2, 0.25) is 0 Å². The second kappa shape index (κ2) is 7.65. The van der Waals surface area contributed by atoms with E-state index in [4.69, 9.17) is 0 Å². The molecule has 0 aliphatic heterocycles. The summed E-state index contributed by atoms with van der Waals surface area (Å²) in [6.07, 6.45) is 0. The van der Waals surface area contributed by atoms with Crippen molar-refractivity contribution >= 4 is 24.3 Å². The van der Waals surface area contributed by atoms with Crippen molar-refractivity contribution in [2.24, 2.45) is 17.8 Å². The maximum atomic E-state index is 11.2. The number of carbonyl (C=O) groups is 1. The van der Waals surface area contributed by atoms with Crippen LogP contribution in [0.1, 0.15) is 41.5 Å². The Morgan fingerprint density at radius 2 is 1.18 bits per heavy atom. The average Bonchev–Trinajstić information content (AvgIpc) is 1.95. The van der Waals surface area contributed by atoms with Crippen LogP contribution in [0.2, 0.25) is 17.7 Å². The Morgan fingerprint density at radius 1 is 0.882 bits per heavy atom. The van der Waals surface area contributed by atoms with E-state index < -0.39 is 24.3 Å². The topological polar surface area (TPSA) is 37.3 Å². The fourth-order valence-corrected chi connectivity index (χ4v) is 22.7. The fourth-order valence-electron chi connectivity index (χ4n) is 3.39. The maximum absolute atomic E-state index is 11.2. The predicted molar refractivity (Wildman–Crippen MR) is 77.1 cm³/mol. The fraction of sp³-hybridized carbons (Fsp3) is 0.929. The van der Waals surface area contributed by atoms with Gasteiger partial charge in [-0.25, -0.2) is 0 Å². The van der Waals surface area contributed by atoms with E-state index in [1.807, 2.05) is 0 Å². The Balaban J connectivity index is 4.96. The summed E-state index contributed by atoms with van der Waals surface area (Å²) in [5, 5.41) is 9.24. The summed E-state index contributed by atoms with van der Waals surface area (Å²) in [5.41, 5.74) is 0. The molecule has 0 aromatic carbocycles. The Morgan fingerprint density at radius 3 is 1.35 bits per heavy atom.